The zero-order valence-corrected chi connectivity index (χ0v) is 13.2. The van der Waals surface area contributed by atoms with Gasteiger partial charge in [-0.05, 0) is 49.7 Å². The molecule has 1 aromatic heterocycles. The molecule has 2 atom stereocenters. The molecule has 0 spiro atoms. The van der Waals surface area contributed by atoms with Crippen molar-refractivity contribution in [3.63, 3.8) is 0 Å². The predicted molar refractivity (Wildman–Crippen MR) is 88.3 cm³/mol. The van der Waals surface area contributed by atoms with E-state index in [4.69, 9.17) is 5.11 Å². The molecular weight excluding hydrogens is 266 g/mol. The Kier molecular flexibility index (Phi) is 6.02. The molecule has 0 saturated carbocycles. The fraction of sp³-hybridized carbons (Fsp3) is 0.529. The minimum atomic E-state index is 0.295. The van der Waals surface area contributed by atoms with Crippen molar-refractivity contribution in [3.8, 4) is 0 Å². The number of benzene rings is 1. The van der Waals surface area contributed by atoms with Crippen LogP contribution >= 0.6 is 11.3 Å². The summed E-state index contributed by atoms with van der Waals surface area (Å²) in [5, 5.41) is 14.1. The molecule has 0 amide bonds. The number of hydrogen-bond donors (Lipinski definition) is 2. The molecule has 110 valence electrons. The van der Waals surface area contributed by atoms with Crippen molar-refractivity contribution in [1.82, 2.24) is 5.32 Å². The van der Waals surface area contributed by atoms with Crippen molar-refractivity contribution in [2.24, 2.45) is 5.92 Å². The Labute approximate surface area is 125 Å². The number of hydrogen-bond acceptors (Lipinski definition) is 3. The Balaban J connectivity index is 1.95. The lowest BCUT2D eigenvalue weighted by Crippen LogP contribution is -2.26. The molecule has 3 heteroatoms. The van der Waals surface area contributed by atoms with Crippen LogP contribution < -0.4 is 5.32 Å². The highest BCUT2D eigenvalue weighted by Gasteiger charge is 2.12. The largest absolute Gasteiger partial charge is 0.396 e. The summed E-state index contributed by atoms with van der Waals surface area (Å²) in [7, 11) is 0. The number of fused-ring (bicyclic) bond motifs is 1. The highest BCUT2D eigenvalue weighted by Crippen LogP contribution is 2.29. The second-order valence-electron chi connectivity index (χ2n) is 5.48. The van der Waals surface area contributed by atoms with E-state index in [1.54, 1.807) is 0 Å². The summed E-state index contributed by atoms with van der Waals surface area (Å²) in [5.41, 5.74) is 0. The first kappa shape index (κ1) is 15.5. The van der Waals surface area contributed by atoms with Crippen LogP contribution in [0, 0.1) is 5.92 Å². The first-order chi connectivity index (χ1) is 9.74. The van der Waals surface area contributed by atoms with E-state index in [9.17, 15) is 0 Å². The van der Waals surface area contributed by atoms with E-state index < -0.39 is 0 Å². The molecule has 0 saturated heterocycles. The highest BCUT2D eigenvalue weighted by molar-refractivity contribution is 7.19. The van der Waals surface area contributed by atoms with Crippen LogP contribution in [0.1, 0.15) is 44.0 Å². The van der Waals surface area contributed by atoms with Crippen molar-refractivity contribution < 1.29 is 5.11 Å². The molecule has 0 radical (unpaired) electrons. The van der Waals surface area contributed by atoms with Gasteiger partial charge in [0.2, 0.25) is 0 Å². The van der Waals surface area contributed by atoms with Gasteiger partial charge in [-0.1, -0.05) is 31.5 Å². The molecular formula is C17H25NOS. The molecule has 0 aliphatic carbocycles. The van der Waals surface area contributed by atoms with Crippen molar-refractivity contribution in [1.29, 1.82) is 0 Å². The normalized spacial score (nSPS) is 14.6. The molecule has 0 bridgehead atoms. The summed E-state index contributed by atoms with van der Waals surface area (Å²) >= 11 is 1.87. The molecule has 2 unspecified atom stereocenters. The predicted octanol–water partition coefficient (Wildman–Crippen LogP) is 4.35. The summed E-state index contributed by atoms with van der Waals surface area (Å²) in [4.78, 5) is 1.39. The van der Waals surface area contributed by atoms with Crippen LogP contribution in [-0.4, -0.2) is 18.3 Å². The molecule has 2 aromatic rings. The lowest BCUT2D eigenvalue weighted by atomic mass is 10.00. The maximum atomic E-state index is 9.12. The fourth-order valence-corrected chi connectivity index (χ4v) is 3.69. The van der Waals surface area contributed by atoms with E-state index in [-0.39, 0.29) is 0 Å². The van der Waals surface area contributed by atoms with Crippen molar-refractivity contribution in [3.05, 3.63) is 35.2 Å². The standard InChI is InChI=1S/C17H25NOS/c1-3-6-14(9-10-19)12-18-13(2)17-11-15-7-4-5-8-16(15)20-17/h4-5,7-8,11,13-14,18-19H,3,6,9-10,12H2,1-2H3. The molecule has 2 nitrogen and oxygen atoms in total. The second kappa shape index (κ2) is 7.77. The summed E-state index contributed by atoms with van der Waals surface area (Å²) in [6, 6.07) is 11.2. The average molecular weight is 291 g/mol. The molecule has 1 aromatic carbocycles. The molecule has 1 heterocycles. The van der Waals surface area contributed by atoms with Gasteiger partial charge in [0.25, 0.3) is 0 Å². The smallest absolute Gasteiger partial charge is 0.0434 e. The summed E-state index contributed by atoms with van der Waals surface area (Å²) in [6.07, 6.45) is 3.27. The first-order valence-electron chi connectivity index (χ1n) is 7.57. The number of aliphatic hydroxyl groups excluding tert-OH is 1. The molecule has 0 aliphatic rings. The first-order valence-corrected chi connectivity index (χ1v) is 8.39. The number of thiophene rings is 1. The Morgan fingerprint density at radius 1 is 1.25 bits per heavy atom. The van der Waals surface area contributed by atoms with Crippen molar-refractivity contribution >= 4 is 21.4 Å². The maximum Gasteiger partial charge on any atom is 0.0434 e. The van der Waals surface area contributed by atoms with Gasteiger partial charge in [0.1, 0.15) is 0 Å². The van der Waals surface area contributed by atoms with Crippen LogP contribution in [0.4, 0.5) is 0 Å². The second-order valence-corrected chi connectivity index (χ2v) is 6.60. The van der Waals surface area contributed by atoms with Crippen LogP contribution in [0.2, 0.25) is 0 Å². The lowest BCUT2D eigenvalue weighted by Gasteiger charge is -2.19. The Hall–Kier alpha value is -0.900. The monoisotopic (exact) mass is 291 g/mol. The van der Waals surface area contributed by atoms with E-state index in [0.717, 1.165) is 13.0 Å². The van der Waals surface area contributed by atoms with Crippen LogP contribution in [0.5, 0.6) is 0 Å². The minimum absolute atomic E-state index is 0.295. The van der Waals surface area contributed by atoms with Gasteiger partial charge < -0.3 is 10.4 Å². The average Bonchev–Trinajstić information content (AvgIpc) is 2.89. The Bertz CT molecular complexity index is 483. The third-order valence-corrected chi connectivity index (χ3v) is 5.12. The molecule has 2 rings (SSSR count). The summed E-state index contributed by atoms with van der Waals surface area (Å²) in [5.74, 6) is 0.585. The lowest BCUT2D eigenvalue weighted by molar-refractivity contribution is 0.246. The topological polar surface area (TPSA) is 32.3 Å². The zero-order valence-electron chi connectivity index (χ0n) is 12.4. The van der Waals surface area contributed by atoms with Gasteiger partial charge in [-0.3, -0.25) is 0 Å². The van der Waals surface area contributed by atoms with E-state index in [1.165, 1.54) is 27.8 Å². The Morgan fingerprint density at radius 2 is 2.05 bits per heavy atom. The van der Waals surface area contributed by atoms with E-state index in [0.29, 0.717) is 18.6 Å². The van der Waals surface area contributed by atoms with Gasteiger partial charge in [-0.2, -0.15) is 0 Å². The van der Waals surface area contributed by atoms with Crippen LogP contribution in [0.25, 0.3) is 10.1 Å². The highest BCUT2D eigenvalue weighted by atomic mass is 32.1. The quantitative estimate of drug-likeness (QED) is 0.758. The SMILES string of the molecule is CCCC(CCO)CNC(C)c1cc2ccccc2s1. The maximum absolute atomic E-state index is 9.12. The van der Waals surface area contributed by atoms with Gasteiger partial charge in [0.05, 0.1) is 0 Å². The van der Waals surface area contributed by atoms with E-state index >= 15 is 0 Å². The molecule has 20 heavy (non-hydrogen) atoms. The minimum Gasteiger partial charge on any atom is -0.396 e. The van der Waals surface area contributed by atoms with Gasteiger partial charge in [0.15, 0.2) is 0 Å². The van der Waals surface area contributed by atoms with E-state index in [2.05, 4.69) is 49.5 Å². The fourth-order valence-electron chi connectivity index (χ4n) is 2.60. The van der Waals surface area contributed by atoms with Crippen LogP contribution in [-0.2, 0) is 0 Å². The van der Waals surface area contributed by atoms with Gasteiger partial charge >= 0.3 is 0 Å². The van der Waals surface area contributed by atoms with Crippen LogP contribution in [0.15, 0.2) is 30.3 Å². The third-order valence-electron chi connectivity index (χ3n) is 3.82. The van der Waals surface area contributed by atoms with E-state index in [1.807, 2.05) is 11.3 Å². The van der Waals surface area contributed by atoms with Crippen molar-refractivity contribution in [2.75, 3.05) is 13.2 Å². The van der Waals surface area contributed by atoms with Crippen molar-refractivity contribution in [2.45, 2.75) is 39.2 Å². The van der Waals surface area contributed by atoms with Crippen LogP contribution in [0.3, 0.4) is 0 Å². The Morgan fingerprint density at radius 3 is 2.75 bits per heavy atom. The van der Waals surface area contributed by atoms with Gasteiger partial charge in [-0.25, -0.2) is 0 Å². The number of nitrogens with one attached hydrogen (secondary N) is 1. The zero-order chi connectivity index (χ0) is 14.4. The number of aliphatic hydroxyl groups is 1. The summed E-state index contributed by atoms with van der Waals surface area (Å²) < 4.78 is 1.36. The molecule has 0 fully saturated rings. The molecule has 2 N–H and O–H groups in total. The number of rotatable bonds is 8. The van der Waals surface area contributed by atoms with Gasteiger partial charge in [0, 0.05) is 22.2 Å². The third kappa shape index (κ3) is 4.05. The summed E-state index contributed by atoms with van der Waals surface area (Å²) in [6.45, 7) is 5.72. The molecule has 0 aliphatic heterocycles. The van der Waals surface area contributed by atoms with Gasteiger partial charge in [-0.15, -0.1) is 11.3 Å².